The van der Waals surface area contributed by atoms with Crippen molar-refractivity contribution in [3.05, 3.63) is 77.1 Å². The second-order valence-electron chi connectivity index (χ2n) is 9.15. The van der Waals surface area contributed by atoms with Crippen molar-refractivity contribution in [1.29, 1.82) is 0 Å². The van der Waals surface area contributed by atoms with E-state index in [4.69, 9.17) is 0 Å². The Morgan fingerprint density at radius 3 is 2.73 bits per heavy atom. The first-order chi connectivity index (χ1) is 16.0. The minimum absolute atomic E-state index is 0.176. The number of carboxylic acid groups (broad SMARTS) is 1. The highest BCUT2D eigenvalue weighted by molar-refractivity contribution is 5.93. The van der Waals surface area contributed by atoms with Gasteiger partial charge in [0.05, 0.1) is 23.5 Å². The summed E-state index contributed by atoms with van der Waals surface area (Å²) in [6.07, 6.45) is 5.66. The molecule has 6 nitrogen and oxygen atoms in total. The first-order valence-corrected chi connectivity index (χ1v) is 11.6. The fourth-order valence-corrected chi connectivity index (χ4v) is 5.19. The number of likely N-dealkylation sites (N-methyl/N-ethyl adjacent to an activating group) is 1. The van der Waals surface area contributed by atoms with E-state index in [0.29, 0.717) is 12.2 Å². The van der Waals surface area contributed by atoms with Gasteiger partial charge in [-0.25, -0.2) is 4.79 Å². The lowest BCUT2D eigenvalue weighted by atomic mass is 9.95. The number of aromatic nitrogens is 1. The number of nitrogens with one attached hydrogen (secondary N) is 1. The molecule has 3 heterocycles. The molecule has 1 unspecified atom stereocenters. The zero-order valence-corrected chi connectivity index (χ0v) is 19.2. The zero-order chi connectivity index (χ0) is 22.9. The van der Waals surface area contributed by atoms with Crippen LogP contribution in [0.4, 0.5) is 11.4 Å². The highest BCUT2D eigenvalue weighted by Crippen LogP contribution is 2.37. The second-order valence-corrected chi connectivity index (χ2v) is 9.15. The Morgan fingerprint density at radius 1 is 1.15 bits per heavy atom. The van der Waals surface area contributed by atoms with Gasteiger partial charge in [0.2, 0.25) is 0 Å². The molecule has 1 fully saturated rings. The molecule has 0 amide bonds. The molecule has 0 spiro atoms. The summed E-state index contributed by atoms with van der Waals surface area (Å²) in [6.45, 7) is 6.02. The topological polar surface area (TPSA) is 68.7 Å². The van der Waals surface area contributed by atoms with Gasteiger partial charge in [-0.3, -0.25) is 9.88 Å². The first-order valence-electron chi connectivity index (χ1n) is 11.6. The lowest BCUT2D eigenvalue weighted by molar-refractivity contribution is 0.0697. The number of carboxylic acids is 1. The molecular weight excluding hydrogens is 412 g/mol. The number of benzene rings is 2. The molecule has 33 heavy (non-hydrogen) atoms. The molecule has 170 valence electrons. The van der Waals surface area contributed by atoms with E-state index in [2.05, 4.69) is 70.5 Å². The van der Waals surface area contributed by atoms with Crippen molar-refractivity contribution < 1.29 is 9.90 Å². The quantitative estimate of drug-likeness (QED) is 0.563. The number of rotatable bonds is 6. The Morgan fingerprint density at radius 2 is 1.97 bits per heavy atom. The summed E-state index contributed by atoms with van der Waals surface area (Å²) in [5, 5.41) is 12.7. The molecule has 3 aromatic rings. The third-order valence-corrected chi connectivity index (χ3v) is 6.98. The van der Waals surface area contributed by atoms with Gasteiger partial charge in [0.25, 0.3) is 0 Å². The van der Waals surface area contributed by atoms with Crippen molar-refractivity contribution in [2.45, 2.75) is 32.4 Å². The second kappa shape index (κ2) is 8.87. The average molecular weight is 443 g/mol. The Bertz CT molecular complexity index is 1190. The van der Waals surface area contributed by atoms with Crippen LogP contribution >= 0.6 is 0 Å². The number of aromatic carboxylic acids is 1. The number of aryl methyl sites for hydroxylation is 1. The molecule has 2 N–H and O–H groups in total. The van der Waals surface area contributed by atoms with Gasteiger partial charge < -0.3 is 15.3 Å². The molecule has 0 radical (unpaired) electrons. The van der Waals surface area contributed by atoms with E-state index in [-0.39, 0.29) is 11.6 Å². The van der Waals surface area contributed by atoms with Gasteiger partial charge in [0.15, 0.2) is 0 Å². The van der Waals surface area contributed by atoms with E-state index in [0.717, 1.165) is 19.6 Å². The number of fused-ring (bicyclic) bond motifs is 1. The molecule has 2 aliphatic rings. The monoisotopic (exact) mass is 442 g/mol. The Kier molecular flexibility index (Phi) is 5.77. The van der Waals surface area contributed by atoms with E-state index in [1.807, 2.05) is 0 Å². The fourth-order valence-electron chi connectivity index (χ4n) is 5.19. The first kappa shape index (κ1) is 21.5. The number of carbonyl (C=O) groups is 1. The molecule has 0 aliphatic carbocycles. The van der Waals surface area contributed by atoms with E-state index < -0.39 is 5.97 Å². The van der Waals surface area contributed by atoms with E-state index in [1.54, 1.807) is 6.20 Å². The predicted octanol–water partition coefficient (Wildman–Crippen LogP) is 4.95. The van der Waals surface area contributed by atoms with Gasteiger partial charge in [-0.15, -0.1) is 0 Å². The van der Waals surface area contributed by atoms with Crippen LogP contribution in [0.2, 0.25) is 0 Å². The average Bonchev–Trinajstić information content (AvgIpc) is 3.45. The van der Waals surface area contributed by atoms with Crippen molar-refractivity contribution >= 4 is 17.3 Å². The normalized spacial score (nSPS) is 17.9. The van der Waals surface area contributed by atoms with Crippen LogP contribution in [0.15, 0.2) is 54.9 Å². The number of anilines is 2. The molecule has 5 rings (SSSR count). The van der Waals surface area contributed by atoms with Gasteiger partial charge in [0.1, 0.15) is 0 Å². The zero-order valence-electron chi connectivity index (χ0n) is 19.2. The minimum atomic E-state index is -0.948. The molecule has 1 atom stereocenters. The maximum Gasteiger partial charge on any atom is 0.337 e. The van der Waals surface area contributed by atoms with Gasteiger partial charge in [-0.05, 0) is 78.9 Å². The van der Waals surface area contributed by atoms with Crippen LogP contribution in [0.5, 0.6) is 0 Å². The van der Waals surface area contributed by atoms with E-state index >= 15 is 0 Å². The maximum absolute atomic E-state index is 11.5. The SMILES string of the molecule is Cc1cc(N2CCCC2)ccc1-c1ccc2c(c1)CN(C)C2CNc1cnccc1C(=O)O. The van der Waals surface area contributed by atoms with Crippen molar-refractivity contribution in [3.8, 4) is 11.1 Å². The molecule has 6 heteroatoms. The summed E-state index contributed by atoms with van der Waals surface area (Å²) in [7, 11) is 2.11. The minimum Gasteiger partial charge on any atom is -0.478 e. The van der Waals surface area contributed by atoms with Crippen molar-refractivity contribution in [3.63, 3.8) is 0 Å². The summed E-state index contributed by atoms with van der Waals surface area (Å²) >= 11 is 0. The Balaban J connectivity index is 1.36. The highest BCUT2D eigenvalue weighted by atomic mass is 16.4. The van der Waals surface area contributed by atoms with Crippen LogP contribution in [0, 0.1) is 6.92 Å². The molecule has 1 aromatic heterocycles. The van der Waals surface area contributed by atoms with Crippen LogP contribution in [0.1, 0.15) is 45.9 Å². The van der Waals surface area contributed by atoms with Crippen LogP contribution in [0.25, 0.3) is 11.1 Å². The summed E-state index contributed by atoms with van der Waals surface area (Å²) in [6, 6.07) is 15.3. The number of nitrogens with zero attached hydrogens (tertiary/aromatic N) is 3. The summed E-state index contributed by atoms with van der Waals surface area (Å²) in [4.78, 5) is 20.4. The lowest BCUT2D eigenvalue weighted by Crippen LogP contribution is -2.24. The van der Waals surface area contributed by atoms with Gasteiger partial charge in [0, 0.05) is 38.1 Å². The Labute approximate surface area is 194 Å². The van der Waals surface area contributed by atoms with Crippen LogP contribution in [-0.4, -0.2) is 47.6 Å². The van der Waals surface area contributed by atoms with Gasteiger partial charge in [-0.1, -0.05) is 18.2 Å². The summed E-state index contributed by atoms with van der Waals surface area (Å²) in [5.74, 6) is -0.948. The van der Waals surface area contributed by atoms with Crippen LogP contribution in [0.3, 0.4) is 0 Å². The van der Waals surface area contributed by atoms with Crippen molar-refractivity contribution in [2.75, 3.05) is 36.9 Å². The molecule has 2 aromatic carbocycles. The number of pyridine rings is 1. The lowest BCUT2D eigenvalue weighted by Gasteiger charge is -2.22. The third-order valence-electron chi connectivity index (χ3n) is 6.98. The van der Waals surface area contributed by atoms with Crippen molar-refractivity contribution in [2.24, 2.45) is 0 Å². The molecule has 0 bridgehead atoms. The number of hydrogen-bond acceptors (Lipinski definition) is 5. The molecule has 2 aliphatic heterocycles. The summed E-state index contributed by atoms with van der Waals surface area (Å²) < 4.78 is 0. The summed E-state index contributed by atoms with van der Waals surface area (Å²) in [5.41, 5.74) is 8.59. The van der Waals surface area contributed by atoms with Gasteiger partial charge in [-0.2, -0.15) is 0 Å². The predicted molar refractivity (Wildman–Crippen MR) is 132 cm³/mol. The van der Waals surface area contributed by atoms with Gasteiger partial charge >= 0.3 is 5.97 Å². The molecule has 0 saturated carbocycles. The van der Waals surface area contributed by atoms with Crippen LogP contribution < -0.4 is 10.2 Å². The fraction of sp³-hybridized carbons (Fsp3) is 0.333. The number of hydrogen-bond donors (Lipinski definition) is 2. The standard InChI is InChI=1S/C27H30N4O2/c1-18-13-21(31-11-3-4-12-31)6-8-22(18)19-5-7-23-20(14-19)17-30(2)26(23)16-29-25-15-28-10-9-24(25)27(32)33/h5-10,13-15,26,29H,3-4,11-12,16-17H2,1-2H3,(H,32,33). The maximum atomic E-state index is 11.5. The highest BCUT2D eigenvalue weighted by Gasteiger charge is 2.28. The van der Waals surface area contributed by atoms with Crippen LogP contribution in [-0.2, 0) is 6.54 Å². The van der Waals surface area contributed by atoms with E-state index in [9.17, 15) is 9.90 Å². The third kappa shape index (κ3) is 4.18. The van der Waals surface area contributed by atoms with E-state index in [1.165, 1.54) is 58.6 Å². The smallest absolute Gasteiger partial charge is 0.337 e. The molecule has 1 saturated heterocycles. The van der Waals surface area contributed by atoms with Crippen molar-refractivity contribution in [1.82, 2.24) is 9.88 Å². The molecular formula is C27H30N4O2. The largest absolute Gasteiger partial charge is 0.478 e. The Hall–Kier alpha value is -3.38.